The second-order valence-corrected chi connectivity index (χ2v) is 8.78. The number of fused-ring (bicyclic) bond motifs is 4. The summed E-state index contributed by atoms with van der Waals surface area (Å²) in [6.45, 7) is 0.349. The van der Waals surface area contributed by atoms with E-state index in [2.05, 4.69) is 10.6 Å². The number of carbonyl (C=O) groups excluding carboxylic acids is 3. The van der Waals surface area contributed by atoms with Crippen molar-refractivity contribution in [2.24, 2.45) is 11.8 Å². The van der Waals surface area contributed by atoms with Crippen molar-refractivity contribution in [2.45, 2.75) is 18.0 Å². The molecule has 2 saturated heterocycles. The van der Waals surface area contributed by atoms with Gasteiger partial charge < -0.3 is 15.2 Å². The van der Waals surface area contributed by atoms with Gasteiger partial charge in [0.15, 0.2) is 0 Å². The first-order chi connectivity index (χ1) is 15.4. The second-order valence-electron chi connectivity index (χ2n) is 8.37. The Bertz CT molecular complexity index is 1120. The molecule has 3 N–H and O–H groups in total. The summed E-state index contributed by atoms with van der Waals surface area (Å²) in [5.41, 5.74) is 0.525. The number of carbonyl (C=O) groups is 3. The van der Waals surface area contributed by atoms with Crippen LogP contribution < -0.4 is 10.6 Å². The predicted molar refractivity (Wildman–Crippen MR) is 116 cm³/mol. The molecule has 2 aromatic carbocycles. The molecule has 166 valence electrons. The van der Waals surface area contributed by atoms with Crippen LogP contribution in [-0.4, -0.2) is 54.0 Å². The topological polar surface area (TPSA) is 108 Å². The molecule has 3 heterocycles. The molecule has 0 unspecified atom stereocenters. The van der Waals surface area contributed by atoms with Crippen molar-refractivity contribution in [3.05, 3.63) is 58.6 Å². The lowest BCUT2D eigenvalue weighted by Crippen LogP contribution is -2.53. The zero-order chi connectivity index (χ0) is 22.6. The zero-order valence-corrected chi connectivity index (χ0v) is 18.1. The summed E-state index contributed by atoms with van der Waals surface area (Å²) in [5, 5.41) is 16.2. The van der Waals surface area contributed by atoms with E-state index in [4.69, 9.17) is 16.3 Å². The third-order valence-electron chi connectivity index (χ3n) is 6.70. The molecule has 4 atom stereocenters. The van der Waals surface area contributed by atoms with Gasteiger partial charge >= 0.3 is 0 Å². The minimum atomic E-state index is -1.39. The average molecular weight is 456 g/mol. The molecule has 3 amide bonds. The van der Waals surface area contributed by atoms with E-state index in [0.717, 1.165) is 5.56 Å². The Morgan fingerprint density at radius 1 is 1.12 bits per heavy atom. The lowest BCUT2D eigenvalue weighted by Gasteiger charge is -2.29. The van der Waals surface area contributed by atoms with Crippen molar-refractivity contribution in [3.8, 4) is 5.75 Å². The minimum Gasteiger partial charge on any atom is -0.508 e. The van der Waals surface area contributed by atoms with Crippen molar-refractivity contribution < 1.29 is 24.2 Å². The van der Waals surface area contributed by atoms with Gasteiger partial charge in [0.25, 0.3) is 0 Å². The average Bonchev–Trinajstić information content (AvgIpc) is 3.35. The number of ether oxygens (including phenoxy) is 1. The van der Waals surface area contributed by atoms with E-state index in [1.165, 1.54) is 12.0 Å². The van der Waals surface area contributed by atoms with E-state index in [-0.39, 0.29) is 30.7 Å². The van der Waals surface area contributed by atoms with Crippen LogP contribution in [0.25, 0.3) is 0 Å². The van der Waals surface area contributed by atoms with E-state index in [1.54, 1.807) is 42.5 Å². The number of amides is 3. The molecule has 2 aromatic rings. The Balaban J connectivity index is 1.61. The standard InChI is InChI=1S/C23H22ClN3O5/c1-32-10-9-27-20(29)17-16(11-12-5-7-13(28)8-6-12)26-23(18(17)21(27)30)14-3-2-4-15(24)19(14)25-22(23)31/h2-8,16-18,26,28H,9-11H2,1H3,(H,25,31)/t16-,17+,18-,23-/m0/s1. The maximum Gasteiger partial charge on any atom is 0.250 e. The Kier molecular flexibility index (Phi) is 4.96. The number of benzene rings is 2. The smallest absolute Gasteiger partial charge is 0.250 e. The highest BCUT2D eigenvalue weighted by molar-refractivity contribution is 6.35. The number of nitrogens with one attached hydrogen (secondary N) is 2. The van der Waals surface area contributed by atoms with Crippen LogP contribution in [0.4, 0.5) is 5.69 Å². The Labute approximate surface area is 189 Å². The van der Waals surface area contributed by atoms with Gasteiger partial charge in [-0.1, -0.05) is 35.9 Å². The third kappa shape index (κ3) is 2.87. The highest BCUT2D eigenvalue weighted by Gasteiger charge is 2.70. The molecule has 0 aliphatic carbocycles. The number of nitrogens with zero attached hydrogens (tertiary/aromatic N) is 1. The number of halogens is 1. The molecule has 0 radical (unpaired) electrons. The van der Waals surface area contributed by atoms with Crippen molar-refractivity contribution in [2.75, 3.05) is 25.6 Å². The lowest BCUT2D eigenvalue weighted by molar-refractivity contribution is -0.143. The quantitative estimate of drug-likeness (QED) is 0.592. The second kappa shape index (κ2) is 7.58. The normalized spacial score (nSPS) is 28.4. The molecule has 9 heteroatoms. The summed E-state index contributed by atoms with van der Waals surface area (Å²) in [5.74, 6) is -2.57. The number of phenols is 1. The van der Waals surface area contributed by atoms with Gasteiger partial charge in [0.05, 0.1) is 35.7 Å². The minimum absolute atomic E-state index is 0.132. The maximum absolute atomic E-state index is 13.5. The van der Waals surface area contributed by atoms with Crippen molar-refractivity contribution in [1.82, 2.24) is 10.2 Å². The summed E-state index contributed by atoms with van der Waals surface area (Å²) < 4.78 is 5.08. The number of anilines is 1. The van der Waals surface area contributed by atoms with E-state index in [1.807, 2.05) is 0 Å². The monoisotopic (exact) mass is 455 g/mol. The Morgan fingerprint density at radius 2 is 1.88 bits per heavy atom. The summed E-state index contributed by atoms with van der Waals surface area (Å²) in [6, 6.07) is 11.4. The van der Waals surface area contributed by atoms with Crippen LogP contribution in [0.2, 0.25) is 5.02 Å². The van der Waals surface area contributed by atoms with Gasteiger partial charge in [-0.3, -0.25) is 24.6 Å². The van der Waals surface area contributed by atoms with Crippen LogP contribution >= 0.6 is 11.6 Å². The first-order valence-electron chi connectivity index (χ1n) is 10.4. The summed E-state index contributed by atoms with van der Waals surface area (Å²) in [7, 11) is 1.51. The Morgan fingerprint density at radius 3 is 2.59 bits per heavy atom. The summed E-state index contributed by atoms with van der Waals surface area (Å²) in [6.07, 6.45) is 0.406. The summed E-state index contributed by atoms with van der Waals surface area (Å²) >= 11 is 6.34. The van der Waals surface area contributed by atoms with Gasteiger partial charge in [0.2, 0.25) is 17.7 Å². The lowest BCUT2D eigenvalue weighted by atomic mass is 9.76. The molecule has 3 aliphatic heterocycles. The molecular formula is C23H22ClN3O5. The van der Waals surface area contributed by atoms with Gasteiger partial charge in [0.1, 0.15) is 11.3 Å². The van der Waals surface area contributed by atoms with Crippen molar-refractivity contribution in [1.29, 1.82) is 0 Å². The molecule has 3 aliphatic rings. The first kappa shape index (κ1) is 20.9. The van der Waals surface area contributed by atoms with E-state index in [9.17, 15) is 19.5 Å². The number of imide groups is 1. The fraction of sp³-hybridized carbons (Fsp3) is 0.348. The summed E-state index contributed by atoms with van der Waals surface area (Å²) in [4.78, 5) is 41.5. The fourth-order valence-corrected chi connectivity index (χ4v) is 5.54. The van der Waals surface area contributed by atoms with Gasteiger partial charge in [0, 0.05) is 18.7 Å². The zero-order valence-electron chi connectivity index (χ0n) is 17.3. The molecule has 32 heavy (non-hydrogen) atoms. The largest absolute Gasteiger partial charge is 0.508 e. The van der Waals surface area contributed by atoms with Gasteiger partial charge in [-0.25, -0.2) is 0 Å². The van der Waals surface area contributed by atoms with Gasteiger partial charge in [-0.15, -0.1) is 0 Å². The van der Waals surface area contributed by atoms with Crippen LogP contribution in [0.5, 0.6) is 5.75 Å². The van der Waals surface area contributed by atoms with Crippen LogP contribution in [0.1, 0.15) is 11.1 Å². The number of para-hydroxylation sites is 1. The molecule has 2 fully saturated rings. The molecule has 5 rings (SSSR count). The van der Waals surface area contributed by atoms with Gasteiger partial charge in [-0.05, 0) is 30.2 Å². The highest BCUT2D eigenvalue weighted by Crippen LogP contribution is 2.54. The van der Waals surface area contributed by atoms with Crippen LogP contribution in [0, 0.1) is 11.8 Å². The number of rotatable bonds is 5. The first-order valence-corrected chi connectivity index (χ1v) is 10.8. The molecule has 1 spiro atoms. The molecule has 0 bridgehead atoms. The van der Waals surface area contributed by atoms with Crippen LogP contribution in [-0.2, 0) is 31.1 Å². The van der Waals surface area contributed by atoms with Crippen molar-refractivity contribution in [3.63, 3.8) is 0 Å². The van der Waals surface area contributed by atoms with Gasteiger partial charge in [-0.2, -0.15) is 0 Å². The molecule has 0 aromatic heterocycles. The third-order valence-corrected chi connectivity index (χ3v) is 7.02. The Hall–Kier alpha value is -2.94. The number of phenolic OH excluding ortho intramolecular Hbond substituents is 1. The molecule has 8 nitrogen and oxygen atoms in total. The van der Waals surface area contributed by atoms with Crippen molar-refractivity contribution >= 4 is 35.0 Å². The van der Waals surface area contributed by atoms with E-state index >= 15 is 0 Å². The van der Waals surface area contributed by atoms with E-state index in [0.29, 0.717) is 22.7 Å². The highest BCUT2D eigenvalue weighted by atomic mass is 35.5. The number of hydrogen-bond donors (Lipinski definition) is 3. The number of likely N-dealkylation sites (tertiary alicyclic amines) is 1. The SMILES string of the molecule is COCCN1C(=O)[C@@H]2[C@H](Cc3ccc(O)cc3)N[C@]3(C(=O)Nc4c(Cl)cccc43)[C@@H]2C1=O. The predicted octanol–water partition coefficient (Wildman–Crippen LogP) is 1.66. The molecular weight excluding hydrogens is 434 g/mol. The fourth-order valence-electron chi connectivity index (χ4n) is 5.32. The maximum atomic E-state index is 13.5. The number of hydrogen-bond acceptors (Lipinski definition) is 6. The van der Waals surface area contributed by atoms with Crippen LogP contribution in [0.15, 0.2) is 42.5 Å². The number of methoxy groups -OCH3 is 1. The number of aromatic hydroxyl groups is 1. The van der Waals surface area contributed by atoms with E-state index < -0.39 is 29.3 Å². The van der Waals surface area contributed by atoms with Crippen LogP contribution in [0.3, 0.4) is 0 Å². The molecule has 0 saturated carbocycles.